The summed E-state index contributed by atoms with van der Waals surface area (Å²) in [4.78, 5) is 10.5. The average molecular weight is 161 g/mol. The van der Waals surface area contributed by atoms with E-state index in [1.54, 1.807) is 0 Å². The Bertz CT molecular complexity index is 121. The standard InChI is InChI=1S/C7H13O2S/c1-4-7(8)9-5-6-10(2)3/h4H,1,5-6H2,2-3H3/q+1. The summed E-state index contributed by atoms with van der Waals surface area (Å²) in [7, 11) is 0.355. The Kier molecular flexibility index (Phi) is 5.12. The molecule has 2 nitrogen and oxygen atoms in total. The fourth-order valence-corrected chi connectivity index (χ4v) is 0.785. The topological polar surface area (TPSA) is 26.3 Å². The lowest BCUT2D eigenvalue weighted by atomic mass is 10.6. The summed E-state index contributed by atoms with van der Waals surface area (Å²) in [6.45, 7) is 3.80. The summed E-state index contributed by atoms with van der Waals surface area (Å²) < 4.78 is 4.75. The van der Waals surface area contributed by atoms with Gasteiger partial charge in [-0.15, -0.1) is 0 Å². The molecule has 0 aliphatic carbocycles. The summed E-state index contributed by atoms with van der Waals surface area (Å²) >= 11 is 0. The first-order chi connectivity index (χ1) is 4.66. The van der Waals surface area contributed by atoms with E-state index in [9.17, 15) is 4.79 Å². The van der Waals surface area contributed by atoms with Gasteiger partial charge in [-0.05, 0) is 10.9 Å². The number of esters is 1. The molecular weight excluding hydrogens is 148 g/mol. The van der Waals surface area contributed by atoms with Crippen molar-refractivity contribution in [2.75, 3.05) is 24.9 Å². The van der Waals surface area contributed by atoms with Crippen LogP contribution in [0.4, 0.5) is 0 Å². The molecule has 58 valence electrons. The molecule has 0 N–H and O–H groups in total. The van der Waals surface area contributed by atoms with Crippen LogP contribution in [0.3, 0.4) is 0 Å². The summed E-state index contributed by atoms with van der Waals surface area (Å²) in [6.07, 6.45) is 5.41. The van der Waals surface area contributed by atoms with E-state index >= 15 is 0 Å². The molecule has 0 aromatic rings. The van der Waals surface area contributed by atoms with Crippen molar-refractivity contribution in [3.8, 4) is 0 Å². The monoisotopic (exact) mass is 161 g/mol. The molecule has 0 rings (SSSR count). The fourth-order valence-electron chi connectivity index (χ4n) is 0.368. The summed E-state index contributed by atoms with van der Waals surface area (Å²) in [5.74, 6) is 0.616. The third-order valence-electron chi connectivity index (χ3n) is 0.903. The molecule has 0 unspecified atom stereocenters. The van der Waals surface area contributed by atoms with Crippen molar-refractivity contribution in [1.82, 2.24) is 0 Å². The molecule has 0 aliphatic heterocycles. The Hall–Kier alpha value is -0.440. The van der Waals surface area contributed by atoms with Crippen LogP contribution < -0.4 is 0 Å². The zero-order valence-corrected chi connectivity index (χ0v) is 7.24. The van der Waals surface area contributed by atoms with Gasteiger partial charge in [0, 0.05) is 6.08 Å². The van der Waals surface area contributed by atoms with Crippen molar-refractivity contribution in [3.05, 3.63) is 12.7 Å². The van der Waals surface area contributed by atoms with Crippen molar-refractivity contribution in [2.45, 2.75) is 0 Å². The second kappa shape index (κ2) is 5.35. The maximum Gasteiger partial charge on any atom is 0.330 e. The van der Waals surface area contributed by atoms with Crippen LogP contribution in [0.2, 0.25) is 0 Å². The van der Waals surface area contributed by atoms with Crippen LogP contribution in [0, 0.1) is 0 Å². The van der Waals surface area contributed by atoms with Crippen molar-refractivity contribution in [2.24, 2.45) is 0 Å². The molecule has 0 saturated carbocycles. The molecule has 0 aromatic heterocycles. The second-order valence-electron chi connectivity index (χ2n) is 2.06. The molecule has 0 fully saturated rings. The van der Waals surface area contributed by atoms with E-state index in [1.165, 1.54) is 6.08 Å². The highest BCUT2D eigenvalue weighted by Crippen LogP contribution is 1.85. The molecule has 0 radical (unpaired) electrons. The predicted octanol–water partition coefficient (Wildman–Crippen LogP) is 0.593. The van der Waals surface area contributed by atoms with Gasteiger partial charge in [0.25, 0.3) is 0 Å². The third-order valence-corrected chi connectivity index (χ3v) is 1.89. The van der Waals surface area contributed by atoms with Crippen molar-refractivity contribution in [3.63, 3.8) is 0 Å². The highest BCUT2D eigenvalue weighted by atomic mass is 32.2. The van der Waals surface area contributed by atoms with Gasteiger partial charge in [-0.3, -0.25) is 0 Å². The molecule has 0 heterocycles. The predicted molar refractivity (Wildman–Crippen MR) is 45.2 cm³/mol. The van der Waals surface area contributed by atoms with Crippen LogP contribution in [0.15, 0.2) is 12.7 Å². The van der Waals surface area contributed by atoms with Gasteiger partial charge >= 0.3 is 5.97 Å². The van der Waals surface area contributed by atoms with Gasteiger partial charge in [-0.2, -0.15) is 0 Å². The lowest BCUT2D eigenvalue weighted by Crippen LogP contribution is -2.11. The Balaban J connectivity index is 3.19. The number of hydrogen-bond donors (Lipinski definition) is 0. The lowest BCUT2D eigenvalue weighted by Gasteiger charge is -1.98. The first-order valence-electron chi connectivity index (χ1n) is 3.00. The SMILES string of the molecule is C=CC(=O)OCC[S+](C)C. The number of rotatable bonds is 4. The maximum absolute atomic E-state index is 10.5. The number of carbonyl (C=O) groups is 1. The van der Waals surface area contributed by atoms with Crippen LogP contribution in [0.25, 0.3) is 0 Å². The van der Waals surface area contributed by atoms with E-state index in [0.717, 1.165) is 5.75 Å². The van der Waals surface area contributed by atoms with Crippen LogP contribution in [0.5, 0.6) is 0 Å². The maximum atomic E-state index is 10.5. The van der Waals surface area contributed by atoms with Crippen molar-refractivity contribution in [1.29, 1.82) is 0 Å². The molecule has 10 heavy (non-hydrogen) atoms. The van der Waals surface area contributed by atoms with Crippen LogP contribution in [-0.2, 0) is 20.4 Å². The average Bonchev–Trinajstić information content (AvgIpc) is 1.87. The highest BCUT2D eigenvalue weighted by molar-refractivity contribution is 7.95. The van der Waals surface area contributed by atoms with Gasteiger partial charge in [-0.25, -0.2) is 4.79 Å². The summed E-state index contributed by atoms with van der Waals surface area (Å²) in [5, 5.41) is 0. The van der Waals surface area contributed by atoms with E-state index in [1.807, 2.05) is 0 Å². The minimum atomic E-state index is -0.328. The minimum absolute atomic E-state index is 0.328. The highest BCUT2D eigenvalue weighted by Gasteiger charge is 2.02. The van der Waals surface area contributed by atoms with Gasteiger partial charge in [0.15, 0.2) is 0 Å². The molecular formula is C7H13O2S+. The molecule has 0 aromatic carbocycles. The molecule has 3 heteroatoms. The van der Waals surface area contributed by atoms with Gasteiger partial charge in [-0.1, -0.05) is 6.58 Å². The fraction of sp³-hybridized carbons (Fsp3) is 0.571. The van der Waals surface area contributed by atoms with E-state index < -0.39 is 0 Å². The molecule has 0 aliphatic rings. The first kappa shape index (κ1) is 9.56. The lowest BCUT2D eigenvalue weighted by molar-refractivity contribution is -0.137. The molecule has 0 amide bonds. The second-order valence-corrected chi connectivity index (χ2v) is 4.44. The summed E-state index contributed by atoms with van der Waals surface area (Å²) in [6, 6.07) is 0. The number of carbonyl (C=O) groups excluding carboxylic acids is 1. The Morgan fingerprint density at radius 2 is 2.30 bits per heavy atom. The Labute approximate surface area is 64.6 Å². The van der Waals surface area contributed by atoms with E-state index in [-0.39, 0.29) is 5.97 Å². The molecule has 0 saturated heterocycles. The molecule has 0 atom stereocenters. The normalized spacial score (nSPS) is 9.50. The van der Waals surface area contributed by atoms with E-state index in [0.29, 0.717) is 17.5 Å². The van der Waals surface area contributed by atoms with E-state index in [4.69, 9.17) is 4.74 Å². The quantitative estimate of drug-likeness (QED) is 0.343. The molecule has 0 spiro atoms. The van der Waals surface area contributed by atoms with Crippen LogP contribution >= 0.6 is 0 Å². The Morgan fingerprint density at radius 1 is 1.70 bits per heavy atom. The smallest absolute Gasteiger partial charge is 0.330 e. The van der Waals surface area contributed by atoms with Crippen molar-refractivity contribution >= 4 is 16.9 Å². The van der Waals surface area contributed by atoms with Gasteiger partial charge in [0.2, 0.25) is 0 Å². The number of ether oxygens (including phenoxy) is 1. The van der Waals surface area contributed by atoms with Crippen molar-refractivity contribution < 1.29 is 9.53 Å². The zero-order valence-electron chi connectivity index (χ0n) is 6.42. The molecule has 0 bridgehead atoms. The third kappa shape index (κ3) is 5.69. The number of hydrogen-bond acceptors (Lipinski definition) is 2. The van der Waals surface area contributed by atoms with Crippen LogP contribution in [-0.4, -0.2) is 30.8 Å². The minimum Gasteiger partial charge on any atom is -0.458 e. The zero-order chi connectivity index (χ0) is 7.98. The van der Waals surface area contributed by atoms with Gasteiger partial charge < -0.3 is 4.74 Å². The van der Waals surface area contributed by atoms with Gasteiger partial charge in [0.05, 0.1) is 12.5 Å². The Morgan fingerprint density at radius 3 is 2.70 bits per heavy atom. The summed E-state index contributed by atoms with van der Waals surface area (Å²) in [5.41, 5.74) is 0. The largest absolute Gasteiger partial charge is 0.458 e. The van der Waals surface area contributed by atoms with Crippen LogP contribution in [0.1, 0.15) is 0 Å². The van der Waals surface area contributed by atoms with E-state index in [2.05, 4.69) is 19.1 Å². The first-order valence-corrected chi connectivity index (χ1v) is 5.21. The van der Waals surface area contributed by atoms with Gasteiger partial charge in [0.1, 0.15) is 12.4 Å².